The van der Waals surface area contributed by atoms with E-state index in [1.165, 1.54) is 0 Å². The van der Waals surface area contributed by atoms with Crippen LogP contribution in [0.4, 0.5) is 0 Å². The van der Waals surface area contributed by atoms with E-state index in [1.807, 2.05) is 6.92 Å². The Balaban J connectivity index is 2.39. The third-order valence-corrected chi connectivity index (χ3v) is 3.74. The standard InChI is InChI=1S/C8H12Br2O2/c1-2-12-8(11)7-5(3-9)6(7)4-10/h5-7H,2-4H2,1H3/t5-,6+,7?. The molecule has 0 saturated heterocycles. The van der Waals surface area contributed by atoms with Gasteiger partial charge in [0.05, 0.1) is 12.5 Å². The molecule has 1 saturated carbocycles. The van der Waals surface area contributed by atoms with Crippen molar-refractivity contribution in [3.63, 3.8) is 0 Å². The molecule has 0 N–H and O–H groups in total. The van der Waals surface area contributed by atoms with Crippen LogP contribution in [0.2, 0.25) is 0 Å². The second kappa shape index (κ2) is 4.61. The van der Waals surface area contributed by atoms with Crippen molar-refractivity contribution < 1.29 is 9.53 Å². The molecule has 0 aromatic rings. The van der Waals surface area contributed by atoms with Gasteiger partial charge in [-0.1, -0.05) is 31.9 Å². The summed E-state index contributed by atoms with van der Waals surface area (Å²) in [5.41, 5.74) is 0. The van der Waals surface area contributed by atoms with E-state index in [1.54, 1.807) is 0 Å². The molecule has 0 aromatic carbocycles. The zero-order valence-electron chi connectivity index (χ0n) is 6.93. The summed E-state index contributed by atoms with van der Waals surface area (Å²) < 4.78 is 4.95. The summed E-state index contributed by atoms with van der Waals surface area (Å²) in [7, 11) is 0. The molecule has 0 bridgehead atoms. The maximum Gasteiger partial charge on any atom is 0.309 e. The minimum absolute atomic E-state index is 0.0357. The number of alkyl halides is 2. The zero-order valence-corrected chi connectivity index (χ0v) is 10.1. The lowest BCUT2D eigenvalue weighted by Gasteiger charge is -1.98. The predicted molar refractivity (Wildman–Crippen MR) is 54.7 cm³/mol. The molecule has 12 heavy (non-hydrogen) atoms. The molecule has 2 nitrogen and oxygen atoms in total. The van der Waals surface area contributed by atoms with E-state index in [2.05, 4.69) is 31.9 Å². The fraction of sp³-hybridized carbons (Fsp3) is 0.875. The molecular formula is C8H12Br2O2. The fourth-order valence-corrected chi connectivity index (χ4v) is 3.22. The highest BCUT2D eigenvalue weighted by atomic mass is 79.9. The van der Waals surface area contributed by atoms with Gasteiger partial charge < -0.3 is 4.74 Å². The van der Waals surface area contributed by atoms with Crippen LogP contribution in [0.1, 0.15) is 6.92 Å². The van der Waals surface area contributed by atoms with E-state index in [4.69, 9.17) is 4.74 Å². The van der Waals surface area contributed by atoms with Crippen LogP contribution in [0.3, 0.4) is 0 Å². The number of rotatable bonds is 4. The summed E-state index contributed by atoms with van der Waals surface area (Å²) in [5.74, 6) is 1.04. The molecule has 1 unspecified atom stereocenters. The predicted octanol–water partition coefficient (Wildman–Crippen LogP) is 2.20. The number of halogens is 2. The van der Waals surface area contributed by atoms with Gasteiger partial charge in [0.1, 0.15) is 0 Å². The average molecular weight is 300 g/mol. The van der Waals surface area contributed by atoms with E-state index in [0.29, 0.717) is 18.4 Å². The van der Waals surface area contributed by atoms with E-state index < -0.39 is 0 Å². The Kier molecular flexibility index (Phi) is 4.03. The Morgan fingerprint density at radius 1 is 1.33 bits per heavy atom. The lowest BCUT2D eigenvalue weighted by molar-refractivity contribution is -0.145. The van der Waals surface area contributed by atoms with Gasteiger partial charge in [-0.3, -0.25) is 4.79 Å². The number of esters is 1. The van der Waals surface area contributed by atoms with Crippen LogP contribution >= 0.6 is 31.9 Å². The molecule has 1 rings (SSSR count). The number of carbonyl (C=O) groups is 1. The normalized spacial score (nSPS) is 33.1. The topological polar surface area (TPSA) is 26.3 Å². The van der Waals surface area contributed by atoms with Crippen molar-refractivity contribution in [2.24, 2.45) is 17.8 Å². The molecule has 0 aliphatic heterocycles. The van der Waals surface area contributed by atoms with Gasteiger partial charge in [-0.25, -0.2) is 0 Å². The van der Waals surface area contributed by atoms with Crippen molar-refractivity contribution in [1.82, 2.24) is 0 Å². The molecule has 1 aliphatic rings. The lowest BCUT2D eigenvalue weighted by Crippen LogP contribution is -2.08. The Morgan fingerprint density at radius 3 is 2.17 bits per heavy atom. The average Bonchev–Trinajstić information content (AvgIpc) is 2.77. The maximum absolute atomic E-state index is 11.3. The van der Waals surface area contributed by atoms with Crippen LogP contribution in [0.15, 0.2) is 0 Å². The molecule has 0 aromatic heterocycles. The van der Waals surface area contributed by atoms with Crippen molar-refractivity contribution in [3.8, 4) is 0 Å². The quantitative estimate of drug-likeness (QED) is 0.588. The minimum Gasteiger partial charge on any atom is -0.466 e. The number of hydrogen-bond donors (Lipinski definition) is 0. The SMILES string of the molecule is CCOC(=O)C1[C@@H](CBr)[C@H]1CBr. The minimum atomic E-state index is -0.0357. The Morgan fingerprint density at radius 2 is 1.83 bits per heavy atom. The third-order valence-electron chi connectivity index (χ3n) is 2.25. The van der Waals surface area contributed by atoms with Crippen LogP contribution in [0, 0.1) is 17.8 Å². The van der Waals surface area contributed by atoms with Crippen LogP contribution in [0.25, 0.3) is 0 Å². The first kappa shape index (κ1) is 10.5. The molecule has 1 fully saturated rings. The summed E-state index contributed by atoms with van der Waals surface area (Å²) in [6, 6.07) is 0. The molecule has 4 heteroatoms. The highest BCUT2D eigenvalue weighted by Gasteiger charge is 2.53. The summed E-state index contributed by atoms with van der Waals surface area (Å²) >= 11 is 6.78. The highest BCUT2D eigenvalue weighted by molar-refractivity contribution is 9.09. The summed E-state index contributed by atoms with van der Waals surface area (Å²) in [6.07, 6.45) is 0. The van der Waals surface area contributed by atoms with Gasteiger partial charge >= 0.3 is 5.97 Å². The Hall–Kier alpha value is 0.430. The van der Waals surface area contributed by atoms with Gasteiger partial charge in [0.15, 0.2) is 0 Å². The van der Waals surface area contributed by atoms with Crippen molar-refractivity contribution >= 4 is 37.8 Å². The van der Waals surface area contributed by atoms with Crippen LogP contribution in [-0.2, 0) is 9.53 Å². The molecule has 70 valence electrons. The van der Waals surface area contributed by atoms with Crippen LogP contribution in [-0.4, -0.2) is 23.2 Å². The van der Waals surface area contributed by atoms with E-state index in [9.17, 15) is 4.79 Å². The van der Waals surface area contributed by atoms with E-state index in [-0.39, 0.29) is 11.9 Å². The summed E-state index contributed by atoms with van der Waals surface area (Å²) in [5, 5.41) is 1.79. The van der Waals surface area contributed by atoms with Gasteiger partial charge in [0.2, 0.25) is 0 Å². The van der Waals surface area contributed by atoms with Crippen molar-refractivity contribution in [2.45, 2.75) is 6.92 Å². The van der Waals surface area contributed by atoms with Crippen LogP contribution < -0.4 is 0 Å². The first-order chi connectivity index (χ1) is 5.76. The lowest BCUT2D eigenvalue weighted by atomic mass is 10.3. The number of ether oxygens (including phenoxy) is 1. The van der Waals surface area contributed by atoms with Crippen LogP contribution in [0.5, 0.6) is 0 Å². The molecular weight excluding hydrogens is 288 g/mol. The zero-order chi connectivity index (χ0) is 9.14. The van der Waals surface area contributed by atoms with Crippen molar-refractivity contribution in [3.05, 3.63) is 0 Å². The smallest absolute Gasteiger partial charge is 0.309 e. The molecule has 0 heterocycles. The summed E-state index contributed by atoms with van der Waals surface area (Å²) in [4.78, 5) is 11.3. The molecule has 0 radical (unpaired) electrons. The fourth-order valence-electron chi connectivity index (χ4n) is 1.45. The molecule has 3 atom stereocenters. The van der Waals surface area contributed by atoms with Crippen molar-refractivity contribution in [2.75, 3.05) is 17.3 Å². The second-order valence-electron chi connectivity index (χ2n) is 2.91. The van der Waals surface area contributed by atoms with Gasteiger partial charge in [0.25, 0.3) is 0 Å². The highest BCUT2D eigenvalue weighted by Crippen LogP contribution is 2.49. The van der Waals surface area contributed by atoms with Crippen molar-refractivity contribution in [1.29, 1.82) is 0 Å². The van der Waals surface area contributed by atoms with Gasteiger partial charge in [-0.05, 0) is 18.8 Å². The second-order valence-corrected chi connectivity index (χ2v) is 4.21. The largest absolute Gasteiger partial charge is 0.466 e. The van der Waals surface area contributed by atoms with E-state index in [0.717, 1.165) is 10.7 Å². The molecule has 0 amide bonds. The molecule has 1 aliphatic carbocycles. The van der Waals surface area contributed by atoms with Gasteiger partial charge in [0, 0.05) is 10.7 Å². The monoisotopic (exact) mass is 298 g/mol. The van der Waals surface area contributed by atoms with Gasteiger partial charge in [-0.2, -0.15) is 0 Å². The summed E-state index contributed by atoms with van der Waals surface area (Å²) in [6.45, 7) is 2.33. The first-order valence-corrected chi connectivity index (χ1v) is 6.29. The van der Waals surface area contributed by atoms with Gasteiger partial charge in [-0.15, -0.1) is 0 Å². The molecule has 0 spiro atoms. The van der Waals surface area contributed by atoms with E-state index >= 15 is 0 Å². The third kappa shape index (κ3) is 2.02. The Labute approximate surface area is 89.3 Å². The Bertz CT molecular complexity index is 162. The number of hydrogen-bond acceptors (Lipinski definition) is 2. The maximum atomic E-state index is 11.3. The first-order valence-electron chi connectivity index (χ1n) is 4.04. The number of carbonyl (C=O) groups excluding carboxylic acids is 1.